The Labute approximate surface area is 220 Å². The number of H-pyrrole nitrogens is 1. The molecule has 5 aromatic rings. The smallest absolute Gasteiger partial charge is 0.252 e. The van der Waals surface area contributed by atoms with E-state index in [-0.39, 0.29) is 17.4 Å². The van der Waals surface area contributed by atoms with Gasteiger partial charge in [0.25, 0.3) is 5.56 Å². The average Bonchev–Trinajstić information content (AvgIpc) is 3.36. The van der Waals surface area contributed by atoms with Gasteiger partial charge in [0.1, 0.15) is 5.82 Å². The number of tetrazole rings is 1. The summed E-state index contributed by atoms with van der Waals surface area (Å²) < 4.78 is 15.2. The molecule has 0 amide bonds. The van der Waals surface area contributed by atoms with Gasteiger partial charge < -0.3 is 4.98 Å². The summed E-state index contributed by atoms with van der Waals surface area (Å²) in [5, 5.41) is 13.6. The molecule has 1 unspecified atom stereocenters. The summed E-state index contributed by atoms with van der Waals surface area (Å²) in [7, 11) is 0. The fraction of sp³-hybridized carbons (Fsp3) is 0.276. The Bertz CT molecular complexity index is 1600. The number of fused-ring (bicyclic) bond motifs is 1. The molecule has 0 spiro atoms. The average molecular weight is 512 g/mol. The Morgan fingerprint density at radius 1 is 1.03 bits per heavy atom. The van der Waals surface area contributed by atoms with E-state index in [1.807, 2.05) is 37.4 Å². The first-order valence-corrected chi connectivity index (χ1v) is 12.7. The molecule has 1 atom stereocenters. The fourth-order valence-corrected chi connectivity index (χ4v) is 4.79. The maximum atomic E-state index is 13.4. The Balaban J connectivity index is 1.52. The minimum absolute atomic E-state index is 0.113. The number of nitrogens with one attached hydrogen (secondary N) is 1. The van der Waals surface area contributed by atoms with Gasteiger partial charge in [-0.1, -0.05) is 25.1 Å². The lowest BCUT2D eigenvalue weighted by Gasteiger charge is -2.30. The zero-order valence-corrected chi connectivity index (χ0v) is 21.7. The largest absolute Gasteiger partial charge is 0.322 e. The third-order valence-corrected chi connectivity index (χ3v) is 6.95. The molecule has 0 radical (unpaired) electrons. The first-order valence-electron chi connectivity index (χ1n) is 12.7. The van der Waals surface area contributed by atoms with Crippen molar-refractivity contribution in [2.75, 3.05) is 0 Å². The molecule has 0 aliphatic carbocycles. The number of pyridine rings is 2. The zero-order valence-electron chi connectivity index (χ0n) is 21.7. The van der Waals surface area contributed by atoms with Crippen molar-refractivity contribution in [3.63, 3.8) is 0 Å². The van der Waals surface area contributed by atoms with E-state index < -0.39 is 0 Å². The van der Waals surface area contributed by atoms with E-state index in [0.29, 0.717) is 37.4 Å². The Morgan fingerprint density at radius 3 is 2.55 bits per heavy atom. The van der Waals surface area contributed by atoms with E-state index >= 15 is 0 Å². The standard InChI is InChI=1S/C29H30FN7O/c1-4-27(28-33-34-35-37(28)17-21-7-9-25(30)10-8-21)36(16-22-6-5-11-31-15-22)18-24-14-23-12-19(2)20(3)13-26(23)32-29(24)38/h5-15,27H,4,16-18H2,1-3H3,(H,32,38). The molecule has 0 aliphatic rings. The highest BCUT2D eigenvalue weighted by Gasteiger charge is 2.26. The van der Waals surface area contributed by atoms with Crippen molar-refractivity contribution in [2.45, 2.75) is 52.9 Å². The molecule has 3 aromatic heterocycles. The molecular formula is C29H30FN7O. The van der Waals surface area contributed by atoms with Gasteiger partial charge in [0.15, 0.2) is 5.82 Å². The predicted molar refractivity (Wildman–Crippen MR) is 144 cm³/mol. The molecule has 0 saturated heterocycles. The lowest BCUT2D eigenvalue weighted by atomic mass is 10.0. The van der Waals surface area contributed by atoms with Gasteiger partial charge in [-0.15, -0.1) is 5.10 Å². The van der Waals surface area contributed by atoms with Gasteiger partial charge in [-0.05, 0) is 94.7 Å². The molecular weight excluding hydrogens is 481 g/mol. The number of rotatable bonds is 9. The first kappa shape index (κ1) is 25.4. The summed E-state index contributed by atoms with van der Waals surface area (Å²) >= 11 is 0. The van der Waals surface area contributed by atoms with Crippen LogP contribution < -0.4 is 5.56 Å². The van der Waals surface area contributed by atoms with Crippen LogP contribution in [0.2, 0.25) is 0 Å². The minimum Gasteiger partial charge on any atom is -0.322 e. The quantitative estimate of drug-likeness (QED) is 0.304. The third-order valence-electron chi connectivity index (χ3n) is 6.95. The van der Waals surface area contributed by atoms with Crippen LogP contribution in [0.5, 0.6) is 0 Å². The number of benzene rings is 2. The molecule has 9 heteroatoms. The van der Waals surface area contributed by atoms with Crippen molar-refractivity contribution in [1.29, 1.82) is 0 Å². The summed E-state index contributed by atoms with van der Waals surface area (Å²) in [6, 6.07) is 16.2. The summed E-state index contributed by atoms with van der Waals surface area (Å²) in [6.45, 7) is 7.56. The van der Waals surface area contributed by atoms with Gasteiger partial charge in [0, 0.05) is 36.6 Å². The van der Waals surface area contributed by atoms with E-state index in [9.17, 15) is 9.18 Å². The van der Waals surface area contributed by atoms with Crippen LogP contribution >= 0.6 is 0 Å². The van der Waals surface area contributed by atoms with Gasteiger partial charge >= 0.3 is 0 Å². The van der Waals surface area contributed by atoms with Crippen molar-refractivity contribution in [3.8, 4) is 0 Å². The lowest BCUT2D eigenvalue weighted by Crippen LogP contribution is -2.32. The summed E-state index contributed by atoms with van der Waals surface area (Å²) in [5.74, 6) is 0.398. The summed E-state index contributed by atoms with van der Waals surface area (Å²) in [5.41, 5.74) is 5.61. The highest BCUT2D eigenvalue weighted by atomic mass is 19.1. The summed E-state index contributed by atoms with van der Waals surface area (Å²) in [6.07, 6.45) is 4.29. The SMILES string of the molecule is CCC(c1nnnn1Cc1ccc(F)cc1)N(Cc1cccnc1)Cc1cc2cc(C)c(C)cc2[nH]c1=O. The molecule has 5 rings (SSSR count). The van der Waals surface area contributed by atoms with E-state index in [1.165, 1.54) is 17.7 Å². The number of aromatic nitrogens is 6. The van der Waals surface area contributed by atoms with Crippen molar-refractivity contribution in [1.82, 2.24) is 35.1 Å². The molecule has 0 aliphatic heterocycles. The van der Waals surface area contributed by atoms with E-state index in [2.05, 4.69) is 50.3 Å². The van der Waals surface area contributed by atoms with E-state index in [0.717, 1.165) is 27.6 Å². The van der Waals surface area contributed by atoms with Gasteiger partial charge in [-0.3, -0.25) is 14.7 Å². The number of hydrogen-bond acceptors (Lipinski definition) is 6. The monoisotopic (exact) mass is 511 g/mol. The van der Waals surface area contributed by atoms with Gasteiger partial charge in [0.2, 0.25) is 0 Å². The van der Waals surface area contributed by atoms with Crippen LogP contribution in [0, 0.1) is 19.7 Å². The minimum atomic E-state index is -0.286. The molecule has 2 aromatic carbocycles. The third kappa shape index (κ3) is 5.52. The van der Waals surface area contributed by atoms with Crippen LogP contribution in [0.4, 0.5) is 4.39 Å². The maximum absolute atomic E-state index is 13.4. The van der Waals surface area contributed by atoms with Gasteiger partial charge in [-0.2, -0.15) is 0 Å². The van der Waals surface area contributed by atoms with Crippen molar-refractivity contribution in [2.24, 2.45) is 0 Å². The normalized spacial score (nSPS) is 12.3. The number of hydrogen-bond donors (Lipinski definition) is 1. The van der Waals surface area contributed by atoms with Gasteiger partial charge in [0.05, 0.1) is 12.6 Å². The summed E-state index contributed by atoms with van der Waals surface area (Å²) in [4.78, 5) is 22.7. The number of nitrogens with zero attached hydrogens (tertiary/aromatic N) is 6. The molecule has 8 nitrogen and oxygen atoms in total. The number of aromatic amines is 1. The molecule has 194 valence electrons. The maximum Gasteiger partial charge on any atom is 0.252 e. The Hall–Kier alpha value is -4.24. The van der Waals surface area contributed by atoms with Crippen LogP contribution in [-0.4, -0.2) is 35.1 Å². The topological polar surface area (TPSA) is 92.6 Å². The number of halogens is 1. The molecule has 1 N–H and O–H groups in total. The van der Waals surface area contributed by atoms with Crippen LogP contribution in [-0.2, 0) is 19.6 Å². The van der Waals surface area contributed by atoms with Crippen molar-refractivity contribution >= 4 is 10.9 Å². The second-order valence-corrected chi connectivity index (χ2v) is 9.66. The second kappa shape index (κ2) is 11.0. The molecule has 0 bridgehead atoms. The Kier molecular flexibility index (Phi) is 7.37. The lowest BCUT2D eigenvalue weighted by molar-refractivity contribution is 0.161. The van der Waals surface area contributed by atoms with E-state index in [1.54, 1.807) is 23.0 Å². The molecule has 0 fully saturated rings. The van der Waals surface area contributed by atoms with Crippen molar-refractivity contribution < 1.29 is 4.39 Å². The predicted octanol–water partition coefficient (Wildman–Crippen LogP) is 4.87. The molecule has 38 heavy (non-hydrogen) atoms. The van der Waals surface area contributed by atoms with Crippen LogP contribution in [0.3, 0.4) is 0 Å². The van der Waals surface area contributed by atoms with Crippen LogP contribution in [0.1, 0.15) is 53.0 Å². The zero-order chi connectivity index (χ0) is 26.6. The molecule has 3 heterocycles. The molecule has 0 saturated carbocycles. The first-order chi connectivity index (χ1) is 18.4. The highest BCUT2D eigenvalue weighted by Crippen LogP contribution is 2.27. The Morgan fingerprint density at radius 2 is 1.82 bits per heavy atom. The van der Waals surface area contributed by atoms with Gasteiger partial charge in [-0.25, -0.2) is 9.07 Å². The fourth-order valence-electron chi connectivity index (χ4n) is 4.79. The van der Waals surface area contributed by atoms with Crippen LogP contribution in [0.15, 0.2) is 71.8 Å². The van der Waals surface area contributed by atoms with E-state index in [4.69, 9.17) is 0 Å². The second-order valence-electron chi connectivity index (χ2n) is 9.66. The number of aryl methyl sites for hydroxylation is 2. The van der Waals surface area contributed by atoms with Crippen LogP contribution in [0.25, 0.3) is 10.9 Å². The van der Waals surface area contributed by atoms with Crippen molar-refractivity contribution in [3.05, 3.63) is 117 Å². The highest BCUT2D eigenvalue weighted by molar-refractivity contribution is 5.80.